The fourth-order valence-corrected chi connectivity index (χ4v) is 5.77. The Bertz CT molecular complexity index is 1490. The van der Waals surface area contributed by atoms with E-state index in [0.717, 1.165) is 48.2 Å². The first-order valence-corrected chi connectivity index (χ1v) is 14.5. The maximum atomic E-state index is 12.7. The fourth-order valence-electron chi connectivity index (χ4n) is 5.48. The van der Waals surface area contributed by atoms with Gasteiger partial charge in [-0.05, 0) is 99.6 Å². The Hall–Kier alpha value is -3.38. The lowest BCUT2D eigenvalue weighted by Crippen LogP contribution is -2.33. The van der Waals surface area contributed by atoms with Gasteiger partial charge in [-0.3, -0.25) is 9.69 Å². The Morgan fingerprint density at radius 3 is 2.35 bits per heavy atom. The Labute approximate surface area is 246 Å². The van der Waals surface area contributed by atoms with E-state index < -0.39 is 0 Å². The summed E-state index contributed by atoms with van der Waals surface area (Å²) in [5.74, 6) is 0.523. The molecule has 2 heterocycles. The summed E-state index contributed by atoms with van der Waals surface area (Å²) in [6.07, 6.45) is 5.29. The molecule has 7 heteroatoms. The van der Waals surface area contributed by atoms with Gasteiger partial charge in [0.05, 0.1) is 16.3 Å². The van der Waals surface area contributed by atoms with Crippen molar-refractivity contribution in [1.82, 2.24) is 14.9 Å². The monoisotopic (exact) mass is 572 g/mol. The fraction of sp³-hybridized carbons (Fsp3) is 0.273. The van der Waals surface area contributed by atoms with E-state index in [0.29, 0.717) is 15.6 Å². The van der Waals surface area contributed by atoms with Crippen LogP contribution < -0.4 is 5.43 Å². The summed E-state index contributed by atoms with van der Waals surface area (Å²) in [5, 5.41) is 5.24. The van der Waals surface area contributed by atoms with Gasteiger partial charge >= 0.3 is 0 Å². The molecule has 5 nitrogen and oxygen atoms in total. The van der Waals surface area contributed by atoms with Crippen LogP contribution in [0.2, 0.25) is 10.0 Å². The molecule has 1 saturated heterocycles. The first-order chi connectivity index (χ1) is 19.4. The molecular weight excluding hydrogens is 539 g/mol. The average Bonchev–Trinajstić information content (AvgIpc) is 3.24. The number of piperidine rings is 1. The topological polar surface area (TPSA) is 49.6 Å². The second-order valence-corrected chi connectivity index (χ2v) is 11.4. The van der Waals surface area contributed by atoms with Gasteiger partial charge in [-0.25, -0.2) is 5.43 Å². The van der Waals surface area contributed by atoms with Gasteiger partial charge in [0, 0.05) is 34.7 Å². The highest BCUT2D eigenvalue weighted by atomic mass is 35.5. The number of carbonyl (C=O) groups excluding carboxylic acids is 1. The molecule has 0 spiro atoms. The van der Waals surface area contributed by atoms with Crippen LogP contribution in [0, 0.1) is 19.8 Å². The maximum absolute atomic E-state index is 12.7. The zero-order valence-corrected chi connectivity index (χ0v) is 24.4. The number of hydrogen-bond donors (Lipinski definition) is 1. The Balaban J connectivity index is 1.12. The summed E-state index contributed by atoms with van der Waals surface area (Å²) in [4.78, 5) is 15.2. The Morgan fingerprint density at radius 2 is 1.65 bits per heavy atom. The molecule has 0 radical (unpaired) electrons. The van der Waals surface area contributed by atoms with Gasteiger partial charge < -0.3 is 4.57 Å². The lowest BCUT2D eigenvalue weighted by atomic mass is 9.90. The molecule has 1 fully saturated rings. The SMILES string of the molecule is Cc1cc(C=NNC(=O)c2ccc(CN3CCC(Cc4ccccc4)CC3)cc2)c(C)n1-c1ccc(Cl)c(Cl)c1. The third-order valence-corrected chi connectivity index (χ3v) is 8.44. The highest BCUT2D eigenvalue weighted by molar-refractivity contribution is 6.42. The molecule has 1 N–H and O–H groups in total. The number of carbonyl (C=O) groups is 1. The number of rotatable bonds is 8. The van der Waals surface area contributed by atoms with Crippen LogP contribution in [0.1, 0.15) is 51.3 Å². The molecule has 0 aliphatic carbocycles. The number of nitrogens with zero attached hydrogens (tertiary/aromatic N) is 3. The van der Waals surface area contributed by atoms with Crippen molar-refractivity contribution in [3.8, 4) is 5.69 Å². The molecule has 0 saturated carbocycles. The lowest BCUT2D eigenvalue weighted by molar-refractivity contribution is 0.0955. The molecule has 4 aromatic rings. The predicted molar refractivity (Wildman–Crippen MR) is 165 cm³/mol. The van der Waals surface area contributed by atoms with Crippen LogP contribution in [0.15, 0.2) is 84.0 Å². The number of hydrazone groups is 1. The van der Waals surface area contributed by atoms with E-state index in [1.165, 1.54) is 30.4 Å². The van der Waals surface area contributed by atoms with E-state index in [-0.39, 0.29) is 5.91 Å². The van der Waals surface area contributed by atoms with Crippen molar-refractivity contribution >= 4 is 35.3 Å². The van der Waals surface area contributed by atoms with E-state index >= 15 is 0 Å². The molecular formula is C33H34Cl2N4O. The number of aromatic nitrogens is 1. The van der Waals surface area contributed by atoms with Gasteiger partial charge in [0.2, 0.25) is 0 Å². The molecule has 1 aromatic heterocycles. The zero-order valence-electron chi connectivity index (χ0n) is 22.9. The summed E-state index contributed by atoms with van der Waals surface area (Å²) in [6, 6.07) is 26.2. The van der Waals surface area contributed by atoms with Crippen LogP contribution in [0.5, 0.6) is 0 Å². The molecule has 5 rings (SSSR count). The molecule has 0 unspecified atom stereocenters. The van der Waals surface area contributed by atoms with E-state index in [4.69, 9.17) is 23.2 Å². The highest BCUT2D eigenvalue weighted by Crippen LogP contribution is 2.27. The van der Waals surface area contributed by atoms with Crippen molar-refractivity contribution in [2.75, 3.05) is 13.1 Å². The second-order valence-electron chi connectivity index (χ2n) is 10.6. The quantitative estimate of drug-likeness (QED) is 0.174. The molecule has 3 aromatic carbocycles. The summed E-state index contributed by atoms with van der Waals surface area (Å²) in [7, 11) is 0. The number of nitrogens with one attached hydrogen (secondary N) is 1. The van der Waals surface area contributed by atoms with E-state index in [9.17, 15) is 4.79 Å². The van der Waals surface area contributed by atoms with E-state index in [1.807, 2.05) is 56.3 Å². The summed E-state index contributed by atoms with van der Waals surface area (Å²) < 4.78 is 2.08. The van der Waals surface area contributed by atoms with Gasteiger partial charge in [-0.15, -0.1) is 0 Å². The summed E-state index contributed by atoms with van der Waals surface area (Å²) in [6.45, 7) is 7.15. The standard InChI is InChI=1S/C33H34Cl2N4O/c1-23-18-29(24(2)39(23)30-12-13-31(34)32(35)20-30)21-36-37-33(40)28-10-8-27(9-11-28)22-38-16-14-26(15-17-38)19-25-6-4-3-5-7-25/h3-13,18,20-21,26H,14-17,19,22H2,1-2H3,(H,37,40). The smallest absolute Gasteiger partial charge is 0.271 e. The van der Waals surface area contributed by atoms with Crippen molar-refractivity contribution in [2.45, 2.75) is 39.7 Å². The van der Waals surface area contributed by atoms with Crippen molar-refractivity contribution in [3.05, 3.63) is 123 Å². The zero-order chi connectivity index (χ0) is 28.1. The van der Waals surface area contributed by atoms with Crippen molar-refractivity contribution in [1.29, 1.82) is 0 Å². The van der Waals surface area contributed by atoms with Crippen molar-refractivity contribution < 1.29 is 4.79 Å². The third-order valence-electron chi connectivity index (χ3n) is 7.70. The largest absolute Gasteiger partial charge is 0.318 e. The molecule has 0 bridgehead atoms. The number of hydrogen-bond acceptors (Lipinski definition) is 3. The normalized spacial score (nSPS) is 14.6. The summed E-state index contributed by atoms with van der Waals surface area (Å²) in [5.41, 5.74) is 9.75. The lowest BCUT2D eigenvalue weighted by Gasteiger charge is -2.32. The van der Waals surface area contributed by atoms with Crippen LogP contribution in [0.3, 0.4) is 0 Å². The second kappa shape index (κ2) is 12.9. The Morgan fingerprint density at radius 1 is 0.925 bits per heavy atom. The van der Waals surface area contributed by atoms with Gasteiger partial charge in [-0.2, -0.15) is 5.10 Å². The number of aryl methyl sites for hydroxylation is 1. The maximum Gasteiger partial charge on any atom is 0.271 e. The van der Waals surface area contributed by atoms with Gasteiger partial charge in [-0.1, -0.05) is 65.7 Å². The van der Waals surface area contributed by atoms with Crippen LogP contribution >= 0.6 is 23.2 Å². The summed E-state index contributed by atoms with van der Waals surface area (Å²) >= 11 is 12.3. The van der Waals surface area contributed by atoms with Crippen LogP contribution in [0.4, 0.5) is 0 Å². The van der Waals surface area contributed by atoms with Gasteiger partial charge in [0.25, 0.3) is 5.91 Å². The number of likely N-dealkylation sites (tertiary alicyclic amines) is 1. The van der Waals surface area contributed by atoms with Crippen molar-refractivity contribution in [3.63, 3.8) is 0 Å². The molecule has 1 aliphatic rings. The van der Waals surface area contributed by atoms with E-state index in [1.54, 1.807) is 12.3 Å². The first-order valence-electron chi connectivity index (χ1n) is 13.7. The molecule has 1 aliphatic heterocycles. The molecule has 1 amide bonds. The van der Waals surface area contributed by atoms with Crippen LogP contribution in [-0.2, 0) is 13.0 Å². The minimum absolute atomic E-state index is 0.234. The van der Waals surface area contributed by atoms with Gasteiger partial charge in [0.15, 0.2) is 0 Å². The first kappa shape index (κ1) is 28.2. The number of amides is 1. The minimum atomic E-state index is -0.234. The van der Waals surface area contributed by atoms with Crippen molar-refractivity contribution in [2.24, 2.45) is 11.0 Å². The average molecular weight is 574 g/mol. The van der Waals surface area contributed by atoms with E-state index in [2.05, 4.69) is 50.3 Å². The predicted octanol–water partition coefficient (Wildman–Crippen LogP) is 7.62. The third kappa shape index (κ3) is 6.84. The number of halogens is 2. The van der Waals surface area contributed by atoms with Gasteiger partial charge in [0.1, 0.15) is 0 Å². The molecule has 206 valence electrons. The number of benzene rings is 3. The highest BCUT2D eigenvalue weighted by Gasteiger charge is 2.19. The Kier molecular flexibility index (Phi) is 9.05. The minimum Gasteiger partial charge on any atom is -0.318 e. The molecule has 0 atom stereocenters. The molecule has 40 heavy (non-hydrogen) atoms. The van der Waals surface area contributed by atoms with Crippen LogP contribution in [-0.4, -0.2) is 34.7 Å². The van der Waals surface area contributed by atoms with Crippen LogP contribution in [0.25, 0.3) is 5.69 Å².